The molecule has 0 spiro atoms. The minimum absolute atomic E-state index is 0.0221. The number of aromatic amines is 1. The van der Waals surface area contributed by atoms with Gasteiger partial charge in [0.1, 0.15) is 14.7 Å². The molecule has 0 radical (unpaired) electrons. The molecule has 3 aromatic rings. The number of nitrogens with zero attached hydrogens (tertiary/aromatic N) is 3. The lowest BCUT2D eigenvalue weighted by molar-refractivity contribution is 0.0956. The number of piperazine rings is 1. The Hall–Kier alpha value is -3.00. The maximum atomic E-state index is 13.0. The Morgan fingerprint density at radius 2 is 1.83 bits per heavy atom. The summed E-state index contributed by atoms with van der Waals surface area (Å²) in [5.41, 5.74) is 1.50. The maximum Gasteiger partial charge on any atom is 0.251 e. The Kier molecular flexibility index (Phi) is 6.86. The average Bonchev–Trinajstić information content (AvgIpc) is 3.13. The number of nitrogens with one attached hydrogen (secondary N) is 2. The lowest BCUT2D eigenvalue weighted by Crippen LogP contribution is -2.47. The Morgan fingerprint density at radius 1 is 1.11 bits per heavy atom. The Balaban J connectivity index is 1.60. The quantitative estimate of drug-likeness (QED) is 0.410. The van der Waals surface area contributed by atoms with Crippen molar-refractivity contribution in [3.05, 3.63) is 42.1 Å². The molecule has 1 aromatic carbocycles. The number of hydrogen-bond donors (Lipinski definition) is 3. The molecular weight excluding hydrogens is 494 g/mol. The largest absolute Gasteiger partial charge is 0.494 e. The monoisotopic (exact) mass is 521 g/mol. The SMILES string of the molecule is CN1CCN(S(=O)(=O)c2ccc(-c3c(O)[nH]c4ccc(C(=O)NCCS(C)(=O)=O)cc34)nc2)CC1. The van der Waals surface area contributed by atoms with Crippen LogP contribution in [0.25, 0.3) is 22.2 Å². The number of sulfone groups is 1. The first-order chi connectivity index (χ1) is 16.5. The van der Waals surface area contributed by atoms with Gasteiger partial charge in [0.15, 0.2) is 5.88 Å². The van der Waals surface area contributed by atoms with E-state index in [1.807, 2.05) is 7.05 Å². The van der Waals surface area contributed by atoms with Gasteiger partial charge >= 0.3 is 0 Å². The molecule has 4 rings (SSSR count). The number of pyridine rings is 1. The molecule has 35 heavy (non-hydrogen) atoms. The standard InChI is InChI=1S/C22H27N5O6S2/c1-26-8-10-27(11-9-26)35(32,33)16-4-6-19(24-14-16)20-17-13-15(3-5-18(17)25-22(20)29)21(28)23-7-12-34(2,30)31/h3-6,13-14,25,29H,7-12H2,1-2H3,(H,23,28). The van der Waals surface area contributed by atoms with Crippen LogP contribution in [0.4, 0.5) is 0 Å². The summed E-state index contributed by atoms with van der Waals surface area (Å²) in [6, 6.07) is 7.71. The number of aromatic hydroxyl groups is 1. The number of hydrogen-bond acceptors (Lipinski definition) is 8. The van der Waals surface area contributed by atoms with E-state index in [4.69, 9.17) is 0 Å². The van der Waals surface area contributed by atoms with E-state index < -0.39 is 25.8 Å². The van der Waals surface area contributed by atoms with E-state index in [0.717, 1.165) is 6.26 Å². The fraction of sp³-hybridized carbons (Fsp3) is 0.364. The van der Waals surface area contributed by atoms with Crippen LogP contribution in [-0.2, 0) is 19.9 Å². The van der Waals surface area contributed by atoms with Crippen LogP contribution in [0.1, 0.15) is 10.4 Å². The zero-order chi connectivity index (χ0) is 25.4. The number of carbonyl (C=O) groups excluding carboxylic acids is 1. The van der Waals surface area contributed by atoms with E-state index in [9.17, 15) is 26.7 Å². The normalized spacial score (nSPS) is 15.9. The van der Waals surface area contributed by atoms with Crippen molar-refractivity contribution in [2.45, 2.75) is 4.90 Å². The van der Waals surface area contributed by atoms with Crippen LogP contribution in [-0.4, -0.2) is 98.8 Å². The second-order valence-corrected chi connectivity index (χ2v) is 12.8. The van der Waals surface area contributed by atoms with Crippen LogP contribution in [0, 0.1) is 0 Å². The first-order valence-corrected chi connectivity index (χ1v) is 14.4. The van der Waals surface area contributed by atoms with Crippen molar-refractivity contribution < 1.29 is 26.7 Å². The van der Waals surface area contributed by atoms with E-state index in [0.29, 0.717) is 48.3 Å². The highest BCUT2D eigenvalue weighted by Gasteiger charge is 2.28. The third-order valence-electron chi connectivity index (χ3n) is 5.89. The molecule has 0 bridgehead atoms. The van der Waals surface area contributed by atoms with E-state index in [-0.39, 0.29) is 28.6 Å². The molecule has 1 saturated heterocycles. The highest BCUT2D eigenvalue weighted by molar-refractivity contribution is 7.90. The molecule has 2 aromatic heterocycles. The van der Waals surface area contributed by atoms with Gasteiger partial charge in [-0.25, -0.2) is 16.8 Å². The molecule has 0 aliphatic carbocycles. The summed E-state index contributed by atoms with van der Waals surface area (Å²) in [4.78, 5) is 21.7. The molecule has 1 aliphatic heterocycles. The molecule has 188 valence electrons. The third-order valence-corrected chi connectivity index (χ3v) is 8.72. The number of H-pyrrole nitrogens is 1. The maximum absolute atomic E-state index is 13.0. The van der Waals surface area contributed by atoms with Crippen LogP contribution < -0.4 is 5.32 Å². The lowest BCUT2D eigenvalue weighted by atomic mass is 10.1. The Morgan fingerprint density at radius 3 is 2.46 bits per heavy atom. The second-order valence-electron chi connectivity index (χ2n) is 8.58. The van der Waals surface area contributed by atoms with Crippen molar-refractivity contribution in [2.24, 2.45) is 0 Å². The van der Waals surface area contributed by atoms with Gasteiger partial charge < -0.3 is 20.3 Å². The van der Waals surface area contributed by atoms with Crippen LogP contribution in [0.5, 0.6) is 5.88 Å². The molecule has 0 saturated carbocycles. The highest BCUT2D eigenvalue weighted by Crippen LogP contribution is 2.36. The summed E-state index contributed by atoms with van der Waals surface area (Å²) in [6.07, 6.45) is 2.36. The van der Waals surface area contributed by atoms with Crippen molar-refractivity contribution in [1.82, 2.24) is 24.5 Å². The van der Waals surface area contributed by atoms with Gasteiger partial charge in [-0.15, -0.1) is 0 Å². The number of amides is 1. The number of benzene rings is 1. The van der Waals surface area contributed by atoms with Crippen LogP contribution in [0.2, 0.25) is 0 Å². The average molecular weight is 522 g/mol. The molecular formula is C22H27N5O6S2. The number of fused-ring (bicyclic) bond motifs is 1. The third kappa shape index (κ3) is 5.48. The van der Waals surface area contributed by atoms with E-state index in [1.165, 1.54) is 22.6 Å². The molecule has 3 heterocycles. The summed E-state index contributed by atoms with van der Waals surface area (Å²) in [5.74, 6) is -0.801. The van der Waals surface area contributed by atoms with Gasteiger partial charge in [0.25, 0.3) is 5.91 Å². The number of aromatic nitrogens is 2. The van der Waals surface area contributed by atoms with E-state index >= 15 is 0 Å². The molecule has 3 N–H and O–H groups in total. The van der Waals surface area contributed by atoms with Crippen LogP contribution in [0.15, 0.2) is 41.4 Å². The smallest absolute Gasteiger partial charge is 0.251 e. The first-order valence-electron chi connectivity index (χ1n) is 10.9. The summed E-state index contributed by atoms with van der Waals surface area (Å²) < 4.78 is 49.9. The summed E-state index contributed by atoms with van der Waals surface area (Å²) in [5, 5.41) is 13.6. The molecule has 1 amide bonds. The van der Waals surface area contributed by atoms with Crippen molar-refractivity contribution >= 4 is 36.7 Å². The number of rotatable bonds is 7. The zero-order valence-corrected chi connectivity index (χ0v) is 21.0. The topological polar surface area (TPSA) is 153 Å². The van der Waals surface area contributed by atoms with Gasteiger partial charge in [0.05, 0.1) is 17.0 Å². The Labute approximate surface area is 203 Å². The summed E-state index contributed by atoms with van der Waals surface area (Å²) in [7, 11) is -4.95. The predicted molar refractivity (Wildman–Crippen MR) is 131 cm³/mol. The van der Waals surface area contributed by atoms with Crippen molar-refractivity contribution in [3.8, 4) is 17.1 Å². The Bertz CT molecular complexity index is 1460. The molecule has 1 aliphatic rings. The highest BCUT2D eigenvalue weighted by atomic mass is 32.2. The van der Waals surface area contributed by atoms with Crippen LogP contribution >= 0.6 is 0 Å². The number of likely N-dealkylation sites (N-methyl/N-ethyl adjacent to an activating group) is 1. The molecule has 0 unspecified atom stereocenters. The van der Waals surface area contributed by atoms with E-state index in [2.05, 4.69) is 20.2 Å². The fourth-order valence-electron chi connectivity index (χ4n) is 3.89. The van der Waals surface area contributed by atoms with Gasteiger partial charge in [-0.05, 0) is 37.4 Å². The number of carbonyl (C=O) groups is 1. The van der Waals surface area contributed by atoms with Crippen LogP contribution in [0.3, 0.4) is 0 Å². The minimum atomic E-state index is -3.68. The second kappa shape index (κ2) is 9.57. The first kappa shape index (κ1) is 25.1. The van der Waals surface area contributed by atoms with Gasteiger partial charge in [0.2, 0.25) is 10.0 Å². The van der Waals surface area contributed by atoms with Crippen molar-refractivity contribution in [1.29, 1.82) is 0 Å². The lowest BCUT2D eigenvalue weighted by Gasteiger charge is -2.31. The number of sulfonamides is 1. The zero-order valence-electron chi connectivity index (χ0n) is 19.4. The minimum Gasteiger partial charge on any atom is -0.494 e. The predicted octanol–water partition coefficient (Wildman–Crippen LogP) is 0.646. The van der Waals surface area contributed by atoms with Gasteiger partial charge in [-0.2, -0.15) is 4.31 Å². The molecule has 1 fully saturated rings. The van der Waals surface area contributed by atoms with Crippen molar-refractivity contribution in [3.63, 3.8) is 0 Å². The fourth-order valence-corrected chi connectivity index (χ4v) is 5.73. The summed E-state index contributed by atoms with van der Waals surface area (Å²) >= 11 is 0. The van der Waals surface area contributed by atoms with Gasteiger partial charge in [-0.3, -0.25) is 9.78 Å². The molecule has 13 heteroatoms. The molecule has 0 atom stereocenters. The van der Waals surface area contributed by atoms with Gasteiger partial charge in [0, 0.05) is 61.6 Å². The molecule has 11 nitrogen and oxygen atoms in total. The van der Waals surface area contributed by atoms with Crippen molar-refractivity contribution in [2.75, 3.05) is 51.8 Å². The van der Waals surface area contributed by atoms with Gasteiger partial charge in [-0.1, -0.05) is 0 Å². The van der Waals surface area contributed by atoms with E-state index in [1.54, 1.807) is 18.2 Å². The summed E-state index contributed by atoms with van der Waals surface area (Å²) in [6.45, 7) is 2.08.